The Labute approximate surface area is 260 Å². The maximum atomic E-state index is 3.38. The summed E-state index contributed by atoms with van der Waals surface area (Å²) < 4.78 is 3.73. The second-order valence-electron chi connectivity index (χ2n) is 11.5. The van der Waals surface area contributed by atoms with Crippen LogP contribution in [0.1, 0.15) is 10.4 Å². The molecule has 6 aromatic carbocycles. The zero-order valence-electron chi connectivity index (χ0n) is 24.0. The number of para-hydroxylation sites is 2. The Morgan fingerprint density at radius 1 is 0.500 bits per heavy atom. The summed E-state index contributed by atoms with van der Waals surface area (Å²) in [7, 11) is 0. The third kappa shape index (κ3) is 4.09. The average molecular weight is 581 g/mol. The predicted octanol–water partition coefficient (Wildman–Crippen LogP) is 11.1. The molecular formula is C41H28N2S. The minimum atomic E-state index is 0.889. The van der Waals surface area contributed by atoms with Gasteiger partial charge in [0.1, 0.15) is 0 Å². The Hall–Kier alpha value is -5.38. The van der Waals surface area contributed by atoms with Gasteiger partial charge in [-0.3, -0.25) is 0 Å². The van der Waals surface area contributed by atoms with Crippen molar-refractivity contribution in [1.29, 1.82) is 0 Å². The lowest BCUT2D eigenvalue weighted by Gasteiger charge is -2.12. The molecule has 1 aliphatic rings. The molecule has 1 aliphatic heterocycles. The molecule has 0 saturated carbocycles. The third-order valence-corrected chi connectivity index (χ3v) is 10.0. The van der Waals surface area contributed by atoms with E-state index in [2.05, 4.69) is 162 Å². The first-order valence-electron chi connectivity index (χ1n) is 15.1. The summed E-state index contributed by atoms with van der Waals surface area (Å²) in [6.45, 7) is 0.889. The van der Waals surface area contributed by atoms with Crippen molar-refractivity contribution in [2.24, 2.45) is 0 Å². The first kappa shape index (κ1) is 25.1. The highest BCUT2D eigenvalue weighted by Crippen LogP contribution is 2.38. The van der Waals surface area contributed by atoms with Crippen molar-refractivity contribution < 1.29 is 0 Å². The minimum absolute atomic E-state index is 0.889. The molecule has 0 radical (unpaired) electrons. The first-order valence-corrected chi connectivity index (χ1v) is 15.9. The molecule has 2 aromatic heterocycles. The molecule has 2 nitrogen and oxygen atoms in total. The van der Waals surface area contributed by atoms with Crippen molar-refractivity contribution in [3.63, 3.8) is 0 Å². The molecule has 44 heavy (non-hydrogen) atoms. The van der Waals surface area contributed by atoms with Crippen LogP contribution in [-0.2, 0) is 6.54 Å². The van der Waals surface area contributed by atoms with Gasteiger partial charge in [0.15, 0.2) is 0 Å². The fourth-order valence-electron chi connectivity index (χ4n) is 6.74. The zero-order chi connectivity index (χ0) is 29.0. The van der Waals surface area contributed by atoms with Crippen molar-refractivity contribution in [1.82, 2.24) is 9.88 Å². The van der Waals surface area contributed by atoms with Crippen molar-refractivity contribution in [2.45, 2.75) is 6.54 Å². The number of thiophene rings is 1. The van der Waals surface area contributed by atoms with Crippen LogP contribution in [0.2, 0.25) is 0 Å². The van der Waals surface area contributed by atoms with Crippen LogP contribution in [-0.4, -0.2) is 4.57 Å². The predicted molar refractivity (Wildman–Crippen MR) is 188 cm³/mol. The number of fused-ring (bicyclic) bond motifs is 6. The Morgan fingerprint density at radius 2 is 1.07 bits per heavy atom. The maximum Gasteiger partial charge on any atom is 0.0541 e. The van der Waals surface area contributed by atoms with E-state index < -0.39 is 0 Å². The summed E-state index contributed by atoms with van der Waals surface area (Å²) >= 11 is 1.88. The standard InChI is InChI=1S/C41H28N2S/c1-3-16-38-34(14-1)35-15-2-4-17-39(35)43(38)33-13-7-12-31(24-33)29-10-5-8-27(22-29)28-9-6-11-30(23-28)32-18-19-40-36(25-32)37-26-42-21-20-41(37)44-40/h1-25,42H,26H2. The van der Waals surface area contributed by atoms with Gasteiger partial charge in [0, 0.05) is 32.6 Å². The van der Waals surface area contributed by atoms with Crippen molar-refractivity contribution >= 4 is 49.3 Å². The topological polar surface area (TPSA) is 17.0 Å². The van der Waals surface area contributed by atoms with E-state index in [1.54, 1.807) is 0 Å². The lowest BCUT2D eigenvalue weighted by Crippen LogP contribution is -2.08. The molecule has 0 atom stereocenters. The molecule has 1 N–H and O–H groups in total. The summed E-state index contributed by atoms with van der Waals surface area (Å²) in [5.41, 5.74) is 12.4. The molecule has 208 valence electrons. The molecule has 0 fully saturated rings. The van der Waals surface area contributed by atoms with Crippen LogP contribution in [0.25, 0.3) is 77.0 Å². The number of benzene rings is 6. The highest BCUT2D eigenvalue weighted by Gasteiger charge is 2.15. The van der Waals surface area contributed by atoms with Crippen LogP contribution < -0.4 is 5.32 Å². The molecule has 9 rings (SSSR count). The van der Waals surface area contributed by atoms with E-state index >= 15 is 0 Å². The lowest BCUT2D eigenvalue weighted by molar-refractivity contribution is 0.871. The highest BCUT2D eigenvalue weighted by atomic mass is 32.1. The summed E-state index contributed by atoms with van der Waals surface area (Å²) in [6.07, 6.45) is 4.24. The lowest BCUT2D eigenvalue weighted by atomic mass is 9.95. The van der Waals surface area contributed by atoms with E-state index in [4.69, 9.17) is 0 Å². The molecule has 3 heteroatoms. The van der Waals surface area contributed by atoms with Gasteiger partial charge < -0.3 is 9.88 Å². The van der Waals surface area contributed by atoms with Crippen molar-refractivity contribution in [3.8, 4) is 39.1 Å². The van der Waals surface area contributed by atoms with Crippen LogP contribution in [0.15, 0.2) is 146 Å². The molecule has 0 bridgehead atoms. The molecule has 8 aromatic rings. The SMILES string of the molecule is C1=Cc2sc3ccc(-c4cccc(-c5cccc(-c6cccc(-n7c8ccccc8c8ccccc87)c6)c5)c4)cc3c2CN1. The normalized spacial score (nSPS) is 12.5. The van der Waals surface area contributed by atoms with Gasteiger partial charge in [0.05, 0.1) is 11.0 Å². The van der Waals surface area contributed by atoms with Crippen LogP contribution in [0.5, 0.6) is 0 Å². The molecule has 0 aliphatic carbocycles. The molecule has 0 spiro atoms. The number of hydrogen-bond acceptors (Lipinski definition) is 2. The fraction of sp³-hybridized carbons (Fsp3) is 0.0244. The maximum absolute atomic E-state index is 3.38. The Bertz CT molecular complexity index is 2350. The van der Waals surface area contributed by atoms with Gasteiger partial charge in [-0.25, -0.2) is 0 Å². The van der Waals surface area contributed by atoms with Gasteiger partial charge >= 0.3 is 0 Å². The van der Waals surface area contributed by atoms with Gasteiger partial charge in [-0.15, -0.1) is 11.3 Å². The zero-order valence-corrected chi connectivity index (χ0v) is 24.8. The summed E-state index contributed by atoms with van der Waals surface area (Å²) in [5, 5.41) is 7.29. The third-order valence-electron chi connectivity index (χ3n) is 8.86. The number of aromatic nitrogens is 1. The van der Waals surface area contributed by atoms with E-state index in [1.807, 2.05) is 11.3 Å². The molecular weight excluding hydrogens is 553 g/mol. The Balaban J connectivity index is 1.10. The second-order valence-corrected chi connectivity index (χ2v) is 12.5. The van der Waals surface area contributed by atoms with Crippen LogP contribution >= 0.6 is 11.3 Å². The largest absolute Gasteiger partial charge is 0.387 e. The first-order chi connectivity index (χ1) is 21.8. The van der Waals surface area contributed by atoms with Crippen LogP contribution in [0.4, 0.5) is 0 Å². The molecule has 0 unspecified atom stereocenters. The van der Waals surface area contributed by atoms with Crippen LogP contribution in [0.3, 0.4) is 0 Å². The molecule has 0 amide bonds. The number of hydrogen-bond donors (Lipinski definition) is 1. The monoisotopic (exact) mass is 580 g/mol. The van der Waals surface area contributed by atoms with Gasteiger partial charge in [-0.2, -0.15) is 0 Å². The van der Waals surface area contributed by atoms with Crippen molar-refractivity contribution in [2.75, 3.05) is 0 Å². The van der Waals surface area contributed by atoms with Crippen molar-refractivity contribution in [3.05, 3.63) is 156 Å². The number of nitrogens with zero attached hydrogens (tertiary/aromatic N) is 1. The molecule has 3 heterocycles. The summed E-state index contributed by atoms with van der Waals surface area (Å²) in [5.74, 6) is 0. The highest BCUT2D eigenvalue weighted by molar-refractivity contribution is 7.20. The Kier molecular flexibility index (Phi) is 5.78. The van der Waals surface area contributed by atoms with Gasteiger partial charge in [-0.05, 0) is 105 Å². The Morgan fingerprint density at radius 3 is 1.73 bits per heavy atom. The summed E-state index contributed by atoms with van der Waals surface area (Å²) in [6, 6.07) is 51.1. The van der Waals surface area contributed by atoms with Crippen LogP contribution in [0, 0.1) is 0 Å². The minimum Gasteiger partial charge on any atom is -0.387 e. The van der Waals surface area contributed by atoms with E-state index in [0.717, 1.165) is 6.54 Å². The van der Waals surface area contributed by atoms with Gasteiger partial charge in [0.25, 0.3) is 0 Å². The quantitative estimate of drug-likeness (QED) is 0.219. The van der Waals surface area contributed by atoms with E-state index in [9.17, 15) is 0 Å². The van der Waals surface area contributed by atoms with E-state index in [-0.39, 0.29) is 0 Å². The fourth-order valence-corrected chi connectivity index (χ4v) is 7.85. The van der Waals surface area contributed by atoms with Gasteiger partial charge in [0.2, 0.25) is 0 Å². The number of nitrogens with one attached hydrogen (secondary N) is 1. The van der Waals surface area contributed by atoms with E-state index in [0.29, 0.717) is 0 Å². The average Bonchev–Trinajstić information content (AvgIpc) is 3.64. The van der Waals surface area contributed by atoms with Gasteiger partial charge in [-0.1, -0.05) is 91.0 Å². The van der Waals surface area contributed by atoms with E-state index in [1.165, 1.54) is 81.4 Å². The molecule has 0 saturated heterocycles. The summed E-state index contributed by atoms with van der Waals surface area (Å²) in [4.78, 5) is 1.36. The second kappa shape index (κ2) is 10.1. The smallest absolute Gasteiger partial charge is 0.0541 e. The number of rotatable bonds is 4.